The molecule has 94 valence electrons. The van der Waals surface area contributed by atoms with E-state index in [-0.39, 0.29) is 5.56 Å². The Morgan fingerprint density at radius 3 is 2.89 bits per heavy atom. The molecule has 19 heavy (non-hydrogen) atoms. The molecule has 1 N–H and O–H groups in total. The van der Waals surface area contributed by atoms with Gasteiger partial charge in [-0.25, -0.2) is 9.37 Å². The zero-order valence-electron chi connectivity index (χ0n) is 9.52. The second-order valence-electron chi connectivity index (χ2n) is 3.60. The van der Waals surface area contributed by atoms with Crippen molar-refractivity contribution in [1.82, 2.24) is 4.98 Å². The third-order valence-corrected chi connectivity index (χ3v) is 2.98. The van der Waals surface area contributed by atoms with Crippen molar-refractivity contribution in [1.29, 1.82) is 5.26 Å². The Morgan fingerprint density at radius 1 is 1.42 bits per heavy atom. The van der Waals surface area contributed by atoms with Crippen LogP contribution >= 0.6 is 15.9 Å². The predicted molar refractivity (Wildman–Crippen MR) is 71.0 cm³/mol. The van der Waals surface area contributed by atoms with Crippen LogP contribution in [0.25, 0.3) is 0 Å². The van der Waals surface area contributed by atoms with Gasteiger partial charge in [-0.3, -0.25) is 4.79 Å². The molecule has 0 aliphatic heterocycles. The van der Waals surface area contributed by atoms with Crippen LogP contribution in [0, 0.1) is 17.1 Å². The molecule has 1 amide bonds. The molecule has 0 radical (unpaired) electrons. The third kappa shape index (κ3) is 2.95. The summed E-state index contributed by atoms with van der Waals surface area (Å²) in [4.78, 5) is 15.9. The van der Waals surface area contributed by atoms with Gasteiger partial charge in [-0.15, -0.1) is 0 Å². The van der Waals surface area contributed by atoms with Crippen molar-refractivity contribution in [2.75, 3.05) is 5.32 Å². The van der Waals surface area contributed by atoms with Gasteiger partial charge < -0.3 is 5.32 Å². The Labute approximate surface area is 117 Å². The lowest BCUT2D eigenvalue weighted by molar-refractivity contribution is 0.102. The smallest absolute Gasteiger partial charge is 0.258 e. The first-order valence-electron chi connectivity index (χ1n) is 5.23. The summed E-state index contributed by atoms with van der Waals surface area (Å²) in [5, 5.41) is 11.3. The summed E-state index contributed by atoms with van der Waals surface area (Å²) in [5.74, 6) is -1.02. The van der Waals surface area contributed by atoms with Crippen molar-refractivity contribution in [3.8, 4) is 6.07 Å². The first kappa shape index (κ1) is 13.2. The lowest BCUT2D eigenvalue weighted by atomic mass is 10.2. The quantitative estimate of drug-likeness (QED) is 0.865. The minimum absolute atomic E-state index is 0.122. The van der Waals surface area contributed by atoms with E-state index < -0.39 is 11.7 Å². The number of aromatic nitrogens is 1. The van der Waals surface area contributed by atoms with Crippen LogP contribution in [0.2, 0.25) is 0 Å². The number of benzene rings is 1. The molecule has 0 atom stereocenters. The summed E-state index contributed by atoms with van der Waals surface area (Å²) in [6.07, 6.45) is 1.55. The molecule has 0 spiro atoms. The van der Waals surface area contributed by atoms with E-state index in [1.807, 2.05) is 0 Å². The minimum Gasteiger partial charge on any atom is -0.322 e. The number of nitrogens with one attached hydrogen (secondary N) is 1. The maximum absolute atomic E-state index is 13.1. The summed E-state index contributed by atoms with van der Waals surface area (Å²) in [6.45, 7) is 0. The molecule has 0 saturated carbocycles. The number of hydrogen-bond acceptors (Lipinski definition) is 3. The van der Waals surface area contributed by atoms with E-state index in [0.29, 0.717) is 15.9 Å². The van der Waals surface area contributed by atoms with Gasteiger partial charge in [-0.05, 0) is 46.3 Å². The van der Waals surface area contributed by atoms with Crippen LogP contribution in [0.5, 0.6) is 0 Å². The van der Waals surface area contributed by atoms with Crippen LogP contribution in [0.4, 0.5) is 10.1 Å². The van der Waals surface area contributed by atoms with E-state index in [1.54, 1.807) is 24.4 Å². The van der Waals surface area contributed by atoms with Crippen molar-refractivity contribution in [3.05, 3.63) is 58.1 Å². The molecule has 0 aliphatic carbocycles. The molecule has 0 aliphatic rings. The van der Waals surface area contributed by atoms with Gasteiger partial charge in [-0.2, -0.15) is 5.26 Å². The topological polar surface area (TPSA) is 65.8 Å². The number of pyridine rings is 1. The molecule has 6 heteroatoms. The lowest BCUT2D eigenvalue weighted by Gasteiger charge is -2.06. The van der Waals surface area contributed by atoms with E-state index in [1.165, 1.54) is 12.1 Å². The molecule has 1 aromatic carbocycles. The molecule has 0 bridgehead atoms. The Morgan fingerprint density at radius 2 is 2.21 bits per heavy atom. The molecular formula is C13H7BrFN3O. The van der Waals surface area contributed by atoms with Gasteiger partial charge in [0.25, 0.3) is 5.91 Å². The monoisotopic (exact) mass is 319 g/mol. The van der Waals surface area contributed by atoms with E-state index in [2.05, 4.69) is 26.2 Å². The SMILES string of the molecule is N#Cc1cc(NC(=O)c2cccnc2Br)ccc1F. The van der Waals surface area contributed by atoms with Crippen molar-refractivity contribution < 1.29 is 9.18 Å². The molecule has 4 nitrogen and oxygen atoms in total. The Balaban J connectivity index is 2.25. The number of nitriles is 1. The first-order chi connectivity index (χ1) is 9.11. The largest absolute Gasteiger partial charge is 0.322 e. The molecule has 2 rings (SSSR count). The summed E-state index contributed by atoms with van der Waals surface area (Å²) in [6, 6.07) is 8.73. The van der Waals surface area contributed by atoms with Gasteiger partial charge >= 0.3 is 0 Å². The van der Waals surface area contributed by atoms with E-state index in [0.717, 1.165) is 6.07 Å². The number of carbonyl (C=O) groups is 1. The number of rotatable bonds is 2. The fraction of sp³-hybridized carbons (Fsp3) is 0. The zero-order valence-corrected chi connectivity index (χ0v) is 11.1. The highest BCUT2D eigenvalue weighted by Crippen LogP contribution is 2.17. The number of hydrogen-bond donors (Lipinski definition) is 1. The van der Waals surface area contributed by atoms with E-state index in [9.17, 15) is 9.18 Å². The van der Waals surface area contributed by atoms with Gasteiger partial charge in [0, 0.05) is 11.9 Å². The highest BCUT2D eigenvalue weighted by Gasteiger charge is 2.11. The number of halogens is 2. The number of nitrogens with zero attached hydrogens (tertiary/aromatic N) is 2. The van der Waals surface area contributed by atoms with Gasteiger partial charge in [0.2, 0.25) is 0 Å². The Hall–Kier alpha value is -2.26. The molecule has 1 heterocycles. The van der Waals surface area contributed by atoms with Crippen LogP contribution in [0.15, 0.2) is 41.1 Å². The number of anilines is 1. The highest BCUT2D eigenvalue weighted by atomic mass is 79.9. The predicted octanol–water partition coefficient (Wildman–Crippen LogP) is 3.11. The molecule has 2 aromatic rings. The van der Waals surface area contributed by atoms with E-state index >= 15 is 0 Å². The van der Waals surface area contributed by atoms with Gasteiger partial charge in [-0.1, -0.05) is 0 Å². The maximum Gasteiger partial charge on any atom is 0.258 e. The van der Waals surface area contributed by atoms with E-state index in [4.69, 9.17) is 5.26 Å². The molecule has 0 fully saturated rings. The summed E-state index contributed by atoms with van der Waals surface area (Å²) in [5.41, 5.74) is 0.576. The summed E-state index contributed by atoms with van der Waals surface area (Å²) < 4.78 is 13.6. The van der Waals surface area contributed by atoms with Crippen molar-refractivity contribution in [2.24, 2.45) is 0 Å². The Bertz CT molecular complexity index is 682. The second-order valence-corrected chi connectivity index (χ2v) is 4.35. The van der Waals surface area contributed by atoms with Gasteiger partial charge in [0.05, 0.1) is 11.1 Å². The number of carbonyl (C=O) groups excluding carboxylic acids is 1. The fourth-order valence-electron chi connectivity index (χ4n) is 1.44. The zero-order chi connectivity index (χ0) is 13.8. The normalized spacial score (nSPS) is 9.74. The fourth-order valence-corrected chi connectivity index (χ4v) is 1.87. The van der Waals surface area contributed by atoms with Gasteiger partial charge in [0.1, 0.15) is 16.5 Å². The second kappa shape index (κ2) is 5.59. The number of amides is 1. The Kier molecular flexibility index (Phi) is 3.88. The molecule has 0 saturated heterocycles. The van der Waals surface area contributed by atoms with Gasteiger partial charge in [0.15, 0.2) is 0 Å². The average Bonchev–Trinajstić information content (AvgIpc) is 2.41. The maximum atomic E-state index is 13.1. The van der Waals surface area contributed by atoms with Crippen molar-refractivity contribution >= 4 is 27.5 Å². The van der Waals surface area contributed by atoms with Crippen LogP contribution < -0.4 is 5.32 Å². The van der Waals surface area contributed by atoms with Crippen LogP contribution in [0.1, 0.15) is 15.9 Å². The molecule has 0 unspecified atom stereocenters. The highest BCUT2D eigenvalue weighted by molar-refractivity contribution is 9.10. The van der Waals surface area contributed by atoms with Crippen LogP contribution in [-0.4, -0.2) is 10.9 Å². The van der Waals surface area contributed by atoms with Crippen LogP contribution in [-0.2, 0) is 0 Å². The standard InChI is InChI=1S/C13H7BrFN3O/c14-12-10(2-1-5-17-12)13(19)18-9-3-4-11(15)8(6-9)7-16/h1-6H,(H,18,19). The summed E-state index contributed by atoms with van der Waals surface area (Å²) >= 11 is 3.17. The van der Waals surface area contributed by atoms with Crippen LogP contribution in [0.3, 0.4) is 0 Å². The average molecular weight is 320 g/mol. The first-order valence-corrected chi connectivity index (χ1v) is 6.02. The third-order valence-electron chi connectivity index (χ3n) is 2.35. The summed E-state index contributed by atoms with van der Waals surface area (Å²) in [7, 11) is 0. The van der Waals surface area contributed by atoms with Crippen molar-refractivity contribution in [3.63, 3.8) is 0 Å². The lowest BCUT2D eigenvalue weighted by Crippen LogP contribution is -2.13. The molecular weight excluding hydrogens is 313 g/mol. The van der Waals surface area contributed by atoms with Crippen molar-refractivity contribution in [2.45, 2.75) is 0 Å². The minimum atomic E-state index is -0.622. The molecule has 1 aromatic heterocycles.